The van der Waals surface area contributed by atoms with Crippen molar-refractivity contribution in [3.63, 3.8) is 0 Å². The lowest BCUT2D eigenvalue weighted by atomic mass is 9.87. The molecule has 3 heteroatoms. The molecule has 0 amide bonds. The molecule has 0 spiro atoms. The van der Waals surface area contributed by atoms with Gasteiger partial charge in [0.25, 0.3) is 0 Å². The number of benzene rings is 1. The highest BCUT2D eigenvalue weighted by Crippen LogP contribution is 2.34. The molecule has 1 aliphatic carbocycles. The number of nitrogens with zero attached hydrogens (tertiary/aromatic N) is 1. The molecule has 1 atom stereocenters. The maximum Gasteiger partial charge on any atom is 0.0992 e. The van der Waals surface area contributed by atoms with E-state index in [-0.39, 0.29) is 6.04 Å². The highest BCUT2D eigenvalue weighted by molar-refractivity contribution is 6.31. The summed E-state index contributed by atoms with van der Waals surface area (Å²) < 4.78 is 0. The van der Waals surface area contributed by atoms with Crippen LogP contribution in [0.1, 0.15) is 35.6 Å². The van der Waals surface area contributed by atoms with E-state index in [4.69, 9.17) is 22.6 Å². The normalized spacial score (nSPS) is 19.9. The molecule has 14 heavy (non-hydrogen) atoms. The molecular formula is C11H11ClN2. The molecule has 0 saturated heterocycles. The van der Waals surface area contributed by atoms with Gasteiger partial charge in [-0.05, 0) is 42.5 Å². The number of fused-ring (bicyclic) bond motifs is 1. The number of hydrogen-bond donors (Lipinski definition) is 1. The molecule has 2 nitrogen and oxygen atoms in total. The summed E-state index contributed by atoms with van der Waals surface area (Å²) in [5, 5.41) is 9.43. The van der Waals surface area contributed by atoms with Gasteiger partial charge in [-0.2, -0.15) is 5.26 Å². The maximum absolute atomic E-state index is 8.79. The predicted octanol–water partition coefficient (Wildman–Crippen LogP) is 2.55. The molecule has 0 radical (unpaired) electrons. The van der Waals surface area contributed by atoms with Crippen LogP contribution < -0.4 is 5.73 Å². The molecule has 0 aliphatic heterocycles. The summed E-state index contributed by atoms with van der Waals surface area (Å²) >= 11 is 6.09. The van der Waals surface area contributed by atoms with Gasteiger partial charge in [0.1, 0.15) is 0 Å². The van der Waals surface area contributed by atoms with Crippen molar-refractivity contribution in [3.8, 4) is 6.07 Å². The standard InChI is InChI=1S/C11H11ClN2/c12-9-5-7(6-13)4-8-2-1-3-10(14)11(8)9/h4-5,10H,1-3,14H2/t10-/m1/s1. The van der Waals surface area contributed by atoms with Crippen molar-refractivity contribution < 1.29 is 0 Å². The zero-order valence-electron chi connectivity index (χ0n) is 7.76. The Kier molecular flexibility index (Phi) is 2.45. The van der Waals surface area contributed by atoms with Gasteiger partial charge in [-0.15, -0.1) is 0 Å². The van der Waals surface area contributed by atoms with Crippen molar-refractivity contribution in [1.29, 1.82) is 5.26 Å². The zero-order chi connectivity index (χ0) is 10.1. The minimum atomic E-state index is 0.0407. The molecular weight excluding hydrogens is 196 g/mol. The SMILES string of the molecule is N#Cc1cc(Cl)c2c(c1)CCC[C@H]2N. The molecule has 0 saturated carbocycles. The molecule has 1 aliphatic rings. The number of aryl methyl sites for hydroxylation is 1. The van der Waals surface area contributed by atoms with Crippen LogP contribution in [0.25, 0.3) is 0 Å². The predicted molar refractivity (Wildman–Crippen MR) is 56.0 cm³/mol. The van der Waals surface area contributed by atoms with Crippen molar-refractivity contribution in [2.75, 3.05) is 0 Å². The van der Waals surface area contributed by atoms with Crippen LogP contribution in [0.4, 0.5) is 0 Å². The first-order chi connectivity index (χ1) is 6.72. The molecule has 1 aromatic carbocycles. The van der Waals surface area contributed by atoms with E-state index in [0.29, 0.717) is 10.6 Å². The van der Waals surface area contributed by atoms with Gasteiger partial charge in [-0.3, -0.25) is 0 Å². The van der Waals surface area contributed by atoms with Gasteiger partial charge >= 0.3 is 0 Å². The fourth-order valence-electron chi connectivity index (χ4n) is 2.02. The lowest BCUT2D eigenvalue weighted by molar-refractivity contribution is 0.570. The van der Waals surface area contributed by atoms with Crippen LogP contribution in [0, 0.1) is 11.3 Å². The van der Waals surface area contributed by atoms with Gasteiger partial charge in [0, 0.05) is 11.1 Å². The van der Waals surface area contributed by atoms with Crippen LogP contribution in [-0.4, -0.2) is 0 Å². The summed E-state index contributed by atoms with van der Waals surface area (Å²) in [6.45, 7) is 0. The number of rotatable bonds is 0. The Bertz CT molecular complexity index is 406. The van der Waals surface area contributed by atoms with Crippen molar-refractivity contribution in [1.82, 2.24) is 0 Å². The molecule has 2 rings (SSSR count). The van der Waals surface area contributed by atoms with Crippen LogP contribution in [0.15, 0.2) is 12.1 Å². The third kappa shape index (κ3) is 1.50. The Morgan fingerprint density at radius 2 is 2.29 bits per heavy atom. The van der Waals surface area contributed by atoms with Crippen LogP contribution in [0.3, 0.4) is 0 Å². The largest absolute Gasteiger partial charge is 0.324 e. The average molecular weight is 207 g/mol. The van der Waals surface area contributed by atoms with E-state index in [1.165, 1.54) is 0 Å². The third-order valence-corrected chi connectivity index (χ3v) is 2.99. The summed E-state index contributed by atoms with van der Waals surface area (Å²) in [4.78, 5) is 0. The fraction of sp³-hybridized carbons (Fsp3) is 0.364. The first kappa shape index (κ1) is 9.51. The van der Waals surface area contributed by atoms with Crippen LogP contribution in [-0.2, 0) is 6.42 Å². The van der Waals surface area contributed by atoms with Gasteiger partial charge in [0.2, 0.25) is 0 Å². The lowest BCUT2D eigenvalue weighted by Gasteiger charge is -2.23. The first-order valence-electron chi connectivity index (χ1n) is 4.70. The van der Waals surface area contributed by atoms with E-state index < -0.39 is 0 Å². The van der Waals surface area contributed by atoms with E-state index in [2.05, 4.69) is 6.07 Å². The maximum atomic E-state index is 8.79. The highest BCUT2D eigenvalue weighted by atomic mass is 35.5. The Morgan fingerprint density at radius 3 is 3.00 bits per heavy atom. The summed E-state index contributed by atoms with van der Waals surface area (Å²) in [5.74, 6) is 0. The van der Waals surface area contributed by atoms with E-state index in [1.807, 2.05) is 6.07 Å². The van der Waals surface area contributed by atoms with E-state index in [9.17, 15) is 0 Å². The molecule has 0 aromatic heterocycles. The number of nitriles is 1. The van der Waals surface area contributed by atoms with Gasteiger partial charge < -0.3 is 5.73 Å². The first-order valence-corrected chi connectivity index (χ1v) is 5.08. The van der Waals surface area contributed by atoms with Gasteiger partial charge in [-0.25, -0.2) is 0 Å². The second kappa shape index (κ2) is 3.61. The second-order valence-corrected chi connectivity index (χ2v) is 4.05. The quantitative estimate of drug-likeness (QED) is 0.709. The molecule has 1 aromatic rings. The topological polar surface area (TPSA) is 49.8 Å². The summed E-state index contributed by atoms with van der Waals surface area (Å²) in [6.07, 6.45) is 3.05. The summed E-state index contributed by atoms with van der Waals surface area (Å²) in [6, 6.07) is 5.75. The molecule has 2 N–H and O–H groups in total. The minimum Gasteiger partial charge on any atom is -0.324 e. The zero-order valence-corrected chi connectivity index (χ0v) is 8.51. The van der Waals surface area contributed by atoms with Crippen LogP contribution >= 0.6 is 11.6 Å². The average Bonchev–Trinajstić information content (AvgIpc) is 2.17. The van der Waals surface area contributed by atoms with E-state index >= 15 is 0 Å². The second-order valence-electron chi connectivity index (χ2n) is 3.64. The molecule has 0 unspecified atom stereocenters. The Hall–Kier alpha value is -1.04. The van der Waals surface area contributed by atoms with Crippen LogP contribution in [0.5, 0.6) is 0 Å². The number of nitrogens with two attached hydrogens (primary N) is 1. The fourth-order valence-corrected chi connectivity index (χ4v) is 2.40. The number of halogens is 1. The van der Waals surface area contributed by atoms with Gasteiger partial charge in [0.15, 0.2) is 0 Å². The summed E-state index contributed by atoms with van der Waals surface area (Å²) in [5.41, 5.74) is 8.78. The molecule has 0 fully saturated rings. The minimum absolute atomic E-state index is 0.0407. The van der Waals surface area contributed by atoms with E-state index in [0.717, 1.165) is 30.4 Å². The van der Waals surface area contributed by atoms with Crippen molar-refractivity contribution in [2.45, 2.75) is 25.3 Å². The Morgan fingerprint density at radius 1 is 1.50 bits per heavy atom. The molecule has 0 bridgehead atoms. The van der Waals surface area contributed by atoms with E-state index in [1.54, 1.807) is 6.07 Å². The lowest BCUT2D eigenvalue weighted by Crippen LogP contribution is -2.18. The van der Waals surface area contributed by atoms with Crippen molar-refractivity contribution in [3.05, 3.63) is 33.8 Å². The summed E-state index contributed by atoms with van der Waals surface area (Å²) in [7, 11) is 0. The van der Waals surface area contributed by atoms with Gasteiger partial charge in [-0.1, -0.05) is 11.6 Å². The monoisotopic (exact) mass is 206 g/mol. The van der Waals surface area contributed by atoms with Gasteiger partial charge in [0.05, 0.1) is 11.6 Å². The Labute approximate surface area is 88.3 Å². The smallest absolute Gasteiger partial charge is 0.0992 e. The molecule has 0 heterocycles. The third-order valence-electron chi connectivity index (χ3n) is 2.68. The highest BCUT2D eigenvalue weighted by Gasteiger charge is 2.20. The van der Waals surface area contributed by atoms with Crippen LogP contribution in [0.2, 0.25) is 5.02 Å². The van der Waals surface area contributed by atoms with Crippen molar-refractivity contribution >= 4 is 11.6 Å². The molecule has 72 valence electrons. The van der Waals surface area contributed by atoms with Crippen molar-refractivity contribution in [2.24, 2.45) is 5.73 Å². The number of hydrogen-bond acceptors (Lipinski definition) is 2. The Balaban J connectivity index is 2.58.